The highest BCUT2D eigenvalue weighted by atomic mass is 32.2. The van der Waals surface area contributed by atoms with Crippen LogP contribution in [0.1, 0.15) is 40.0 Å². The largest absolute Gasteiger partial charge is 0.295 e. The van der Waals surface area contributed by atoms with Crippen LogP contribution in [0.5, 0.6) is 0 Å². The molecule has 0 aliphatic carbocycles. The molecule has 0 amide bonds. The monoisotopic (exact) mass is 232 g/mol. The van der Waals surface area contributed by atoms with E-state index in [1.807, 2.05) is 13.8 Å². The van der Waals surface area contributed by atoms with Gasteiger partial charge in [0.1, 0.15) is 9.84 Å². The van der Waals surface area contributed by atoms with E-state index in [-0.39, 0.29) is 17.3 Å². The van der Waals surface area contributed by atoms with Crippen LogP contribution < -0.4 is 0 Å². The summed E-state index contributed by atoms with van der Waals surface area (Å²) in [5.41, 5.74) is 0.795. The van der Waals surface area contributed by atoms with E-state index >= 15 is 0 Å². The summed E-state index contributed by atoms with van der Waals surface area (Å²) in [5, 5.41) is 0. The Bertz CT molecular complexity index is 326. The first-order valence-electron chi connectivity index (χ1n) is 5.35. The van der Waals surface area contributed by atoms with Crippen molar-refractivity contribution in [2.24, 2.45) is 0 Å². The van der Waals surface area contributed by atoms with E-state index < -0.39 is 9.84 Å². The Balaban J connectivity index is 4.04. The van der Waals surface area contributed by atoms with Crippen molar-refractivity contribution in [3.05, 3.63) is 11.6 Å². The van der Waals surface area contributed by atoms with Gasteiger partial charge in [0.05, 0.1) is 5.75 Å². The molecule has 0 saturated carbocycles. The Kier molecular flexibility index (Phi) is 6.48. The predicted molar refractivity (Wildman–Crippen MR) is 62.6 cm³/mol. The average molecular weight is 232 g/mol. The highest BCUT2D eigenvalue weighted by Crippen LogP contribution is 2.08. The van der Waals surface area contributed by atoms with Gasteiger partial charge in [-0.05, 0) is 25.3 Å². The zero-order chi connectivity index (χ0) is 11.9. The number of rotatable bonds is 7. The summed E-state index contributed by atoms with van der Waals surface area (Å²) >= 11 is 0. The lowest BCUT2D eigenvalue weighted by Crippen LogP contribution is -2.11. The molecule has 3 nitrogen and oxygen atoms in total. The molecule has 0 spiro atoms. The fourth-order valence-electron chi connectivity index (χ4n) is 1.32. The summed E-state index contributed by atoms with van der Waals surface area (Å²) < 4.78 is 22.3. The molecule has 0 rings (SSSR count). The molecule has 0 bridgehead atoms. The number of allylic oxidation sites excluding steroid dienone is 2. The van der Waals surface area contributed by atoms with Crippen molar-refractivity contribution in [2.45, 2.75) is 40.0 Å². The Morgan fingerprint density at radius 2 is 1.87 bits per heavy atom. The molecule has 0 N–H and O–H groups in total. The highest BCUT2D eigenvalue weighted by Gasteiger charge is 2.10. The Hall–Kier alpha value is -0.640. The average Bonchev–Trinajstić information content (AvgIpc) is 2.19. The first-order valence-corrected chi connectivity index (χ1v) is 7.17. The molecule has 88 valence electrons. The van der Waals surface area contributed by atoms with Gasteiger partial charge in [-0.3, -0.25) is 4.79 Å². The van der Waals surface area contributed by atoms with Gasteiger partial charge in [0.25, 0.3) is 0 Å². The molecule has 0 radical (unpaired) electrons. The Labute approximate surface area is 92.5 Å². The summed E-state index contributed by atoms with van der Waals surface area (Å²) in [4.78, 5) is 11.5. The fourth-order valence-corrected chi connectivity index (χ4v) is 2.19. The quantitative estimate of drug-likeness (QED) is 0.632. The maximum absolute atomic E-state index is 11.5. The zero-order valence-electron chi connectivity index (χ0n) is 9.75. The van der Waals surface area contributed by atoms with E-state index in [2.05, 4.69) is 0 Å². The van der Waals surface area contributed by atoms with Crippen molar-refractivity contribution in [3.63, 3.8) is 0 Å². The second-order valence-corrected chi connectivity index (χ2v) is 5.90. The summed E-state index contributed by atoms with van der Waals surface area (Å²) in [7, 11) is -2.93. The van der Waals surface area contributed by atoms with Crippen LogP contribution in [0.25, 0.3) is 0 Å². The SMILES string of the molecule is CC=C(CC)C(=O)CCCS(=O)(=O)CC. The van der Waals surface area contributed by atoms with Crippen molar-refractivity contribution >= 4 is 15.6 Å². The van der Waals surface area contributed by atoms with Crippen LogP contribution in [0.4, 0.5) is 0 Å². The molecule has 0 aromatic heterocycles. The van der Waals surface area contributed by atoms with Crippen LogP contribution in [0.15, 0.2) is 11.6 Å². The third-order valence-electron chi connectivity index (χ3n) is 2.39. The minimum absolute atomic E-state index is 0.0753. The predicted octanol–water partition coefficient (Wildman–Crippen LogP) is 2.13. The van der Waals surface area contributed by atoms with Crippen LogP contribution in [-0.4, -0.2) is 25.7 Å². The smallest absolute Gasteiger partial charge is 0.158 e. The fraction of sp³-hybridized carbons (Fsp3) is 0.727. The van der Waals surface area contributed by atoms with Gasteiger partial charge in [-0.25, -0.2) is 8.42 Å². The Morgan fingerprint density at radius 3 is 2.27 bits per heavy atom. The van der Waals surface area contributed by atoms with Crippen LogP contribution in [0, 0.1) is 0 Å². The van der Waals surface area contributed by atoms with E-state index in [9.17, 15) is 13.2 Å². The number of Topliss-reactive ketones (excluding diaryl/α,β-unsaturated/α-hetero) is 1. The van der Waals surface area contributed by atoms with Crippen LogP contribution in [-0.2, 0) is 14.6 Å². The number of carbonyl (C=O) groups is 1. The maximum Gasteiger partial charge on any atom is 0.158 e. The van der Waals surface area contributed by atoms with Crippen molar-refractivity contribution in [3.8, 4) is 0 Å². The van der Waals surface area contributed by atoms with E-state index in [0.29, 0.717) is 12.8 Å². The van der Waals surface area contributed by atoms with E-state index in [1.165, 1.54) is 0 Å². The maximum atomic E-state index is 11.5. The van der Waals surface area contributed by atoms with Gasteiger partial charge in [0.15, 0.2) is 5.78 Å². The summed E-state index contributed by atoms with van der Waals surface area (Å²) in [6, 6.07) is 0. The minimum Gasteiger partial charge on any atom is -0.295 e. The molecule has 0 fully saturated rings. The first kappa shape index (κ1) is 14.4. The molecule has 0 aliphatic rings. The molecular weight excluding hydrogens is 212 g/mol. The molecule has 0 aliphatic heterocycles. The number of ketones is 1. The van der Waals surface area contributed by atoms with Crippen LogP contribution in [0.2, 0.25) is 0 Å². The molecule has 0 unspecified atom stereocenters. The van der Waals surface area contributed by atoms with Gasteiger partial charge in [-0.15, -0.1) is 0 Å². The van der Waals surface area contributed by atoms with Crippen LogP contribution >= 0.6 is 0 Å². The van der Waals surface area contributed by atoms with E-state index in [0.717, 1.165) is 12.0 Å². The molecule has 0 atom stereocenters. The molecule has 0 aromatic carbocycles. The lowest BCUT2D eigenvalue weighted by Gasteiger charge is -2.03. The van der Waals surface area contributed by atoms with Gasteiger partial charge in [-0.1, -0.05) is 19.9 Å². The zero-order valence-corrected chi connectivity index (χ0v) is 10.6. The van der Waals surface area contributed by atoms with Gasteiger partial charge >= 0.3 is 0 Å². The van der Waals surface area contributed by atoms with Crippen molar-refractivity contribution < 1.29 is 13.2 Å². The minimum atomic E-state index is -2.93. The number of hydrogen-bond acceptors (Lipinski definition) is 3. The second-order valence-electron chi connectivity index (χ2n) is 3.43. The molecule has 15 heavy (non-hydrogen) atoms. The van der Waals surface area contributed by atoms with Gasteiger partial charge in [-0.2, -0.15) is 0 Å². The summed E-state index contributed by atoms with van der Waals surface area (Å²) in [6.07, 6.45) is 3.30. The van der Waals surface area contributed by atoms with Gasteiger partial charge < -0.3 is 0 Å². The lowest BCUT2D eigenvalue weighted by molar-refractivity contribution is -0.115. The van der Waals surface area contributed by atoms with Gasteiger partial charge in [0, 0.05) is 12.2 Å². The molecule has 0 heterocycles. The first-order chi connectivity index (χ1) is 6.96. The topological polar surface area (TPSA) is 51.2 Å². The highest BCUT2D eigenvalue weighted by molar-refractivity contribution is 7.91. The molecule has 0 aromatic rings. The summed E-state index contributed by atoms with van der Waals surface area (Å²) in [6.45, 7) is 5.39. The third-order valence-corrected chi connectivity index (χ3v) is 4.18. The molecule has 4 heteroatoms. The standard InChI is InChI=1S/C11H20O3S/c1-4-10(5-2)11(12)8-7-9-15(13,14)6-3/h4H,5-9H2,1-3H3. The third kappa shape index (κ3) is 5.72. The van der Waals surface area contributed by atoms with E-state index in [1.54, 1.807) is 13.0 Å². The van der Waals surface area contributed by atoms with Crippen molar-refractivity contribution in [1.29, 1.82) is 0 Å². The number of sulfone groups is 1. The van der Waals surface area contributed by atoms with Crippen LogP contribution in [0.3, 0.4) is 0 Å². The van der Waals surface area contributed by atoms with Crippen molar-refractivity contribution in [1.82, 2.24) is 0 Å². The molecular formula is C11H20O3S. The van der Waals surface area contributed by atoms with E-state index in [4.69, 9.17) is 0 Å². The number of hydrogen-bond donors (Lipinski definition) is 0. The second kappa shape index (κ2) is 6.77. The Morgan fingerprint density at radius 1 is 1.27 bits per heavy atom. The van der Waals surface area contributed by atoms with Gasteiger partial charge in [0.2, 0.25) is 0 Å². The lowest BCUT2D eigenvalue weighted by atomic mass is 10.1. The van der Waals surface area contributed by atoms with Crippen molar-refractivity contribution in [2.75, 3.05) is 11.5 Å². The number of carbonyl (C=O) groups excluding carboxylic acids is 1. The normalized spacial score (nSPS) is 12.9. The molecule has 0 saturated heterocycles. The summed E-state index contributed by atoms with van der Waals surface area (Å²) in [5.74, 6) is 0.354.